The van der Waals surface area contributed by atoms with E-state index in [1.807, 2.05) is 6.92 Å². The zero-order valence-electron chi connectivity index (χ0n) is 22.5. The highest BCUT2D eigenvalue weighted by Crippen LogP contribution is 2.31. The van der Waals surface area contributed by atoms with E-state index in [9.17, 15) is 23.9 Å². The molecule has 1 aliphatic heterocycles. The first-order chi connectivity index (χ1) is 19.2. The average molecular weight is 550 g/mol. The van der Waals surface area contributed by atoms with Gasteiger partial charge in [0, 0.05) is 48.8 Å². The Morgan fingerprint density at radius 2 is 1.80 bits per heavy atom. The van der Waals surface area contributed by atoms with Gasteiger partial charge in [-0.25, -0.2) is 9.18 Å². The van der Waals surface area contributed by atoms with E-state index in [4.69, 9.17) is 4.74 Å². The first kappa shape index (κ1) is 28.5. The third-order valence-corrected chi connectivity index (χ3v) is 6.76. The Balaban J connectivity index is 1.58. The van der Waals surface area contributed by atoms with Crippen LogP contribution in [-0.2, 0) is 0 Å². The molecule has 0 saturated carbocycles. The molecule has 2 aromatic carbocycles. The maximum Gasteiger partial charge on any atom is 0.321 e. The number of benzene rings is 2. The van der Waals surface area contributed by atoms with E-state index in [-0.39, 0.29) is 43.0 Å². The second kappa shape index (κ2) is 12.6. The number of likely N-dealkylation sites (N-methyl/N-ethyl adjacent to an activating group) is 1. The van der Waals surface area contributed by atoms with E-state index in [0.29, 0.717) is 22.7 Å². The highest BCUT2D eigenvalue weighted by molar-refractivity contribution is 6.05. The summed E-state index contributed by atoms with van der Waals surface area (Å²) in [5.74, 6) is -1.02. The Bertz CT molecular complexity index is 1350. The Labute approximate surface area is 231 Å². The quantitative estimate of drug-likeness (QED) is 0.411. The van der Waals surface area contributed by atoms with Crippen LogP contribution in [0, 0.1) is 11.7 Å². The molecule has 11 heteroatoms. The summed E-state index contributed by atoms with van der Waals surface area (Å²) in [6, 6.07) is 12.5. The minimum absolute atomic E-state index is 0.184. The molecule has 0 bridgehead atoms. The summed E-state index contributed by atoms with van der Waals surface area (Å²) < 4.78 is 19.5. The summed E-state index contributed by atoms with van der Waals surface area (Å²) in [6.07, 6.45) is 2.51. The van der Waals surface area contributed by atoms with Gasteiger partial charge in [-0.05, 0) is 61.5 Å². The summed E-state index contributed by atoms with van der Waals surface area (Å²) in [7, 11) is 1.62. The van der Waals surface area contributed by atoms with Crippen molar-refractivity contribution in [3.05, 3.63) is 83.9 Å². The van der Waals surface area contributed by atoms with Crippen LogP contribution in [0.4, 0.5) is 20.6 Å². The predicted molar refractivity (Wildman–Crippen MR) is 148 cm³/mol. The van der Waals surface area contributed by atoms with Crippen molar-refractivity contribution in [2.75, 3.05) is 37.4 Å². The number of nitrogens with zero attached hydrogens (tertiary/aromatic N) is 3. The maximum atomic E-state index is 13.6. The van der Waals surface area contributed by atoms with E-state index in [1.165, 1.54) is 41.6 Å². The zero-order chi connectivity index (χ0) is 28.8. The molecule has 0 aliphatic carbocycles. The molecular formula is C29H32FN5O5. The summed E-state index contributed by atoms with van der Waals surface area (Å²) in [5, 5.41) is 15.4. The number of fused-ring (bicyclic) bond motifs is 1. The molecule has 0 saturated heterocycles. The molecule has 0 fully saturated rings. The summed E-state index contributed by atoms with van der Waals surface area (Å²) >= 11 is 0. The lowest BCUT2D eigenvalue weighted by Gasteiger charge is -2.38. The Morgan fingerprint density at radius 3 is 2.48 bits per heavy atom. The number of nitrogens with one attached hydrogen (secondary N) is 2. The molecular weight excluding hydrogens is 517 g/mol. The number of carbonyl (C=O) groups is 3. The van der Waals surface area contributed by atoms with Gasteiger partial charge >= 0.3 is 6.03 Å². The Hall–Kier alpha value is -4.51. The van der Waals surface area contributed by atoms with Crippen molar-refractivity contribution in [2.45, 2.75) is 26.0 Å². The monoisotopic (exact) mass is 549 g/mol. The van der Waals surface area contributed by atoms with Gasteiger partial charge in [-0.1, -0.05) is 6.92 Å². The van der Waals surface area contributed by atoms with Gasteiger partial charge in [-0.15, -0.1) is 0 Å². The molecule has 0 radical (unpaired) electrons. The lowest BCUT2D eigenvalue weighted by atomic mass is 9.99. The molecule has 4 rings (SSSR count). The third-order valence-electron chi connectivity index (χ3n) is 6.76. The fourth-order valence-corrected chi connectivity index (χ4v) is 4.33. The molecule has 1 aromatic heterocycles. The van der Waals surface area contributed by atoms with Gasteiger partial charge in [-0.3, -0.25) is 14.6 Å². The van der Waals surface area contributed by atoms with Crippen molar-refractivity contribution in [3.63, 3.8) is 0 Å². The van der Waals surface area contributed by atoms with E-state index in [1.54, 1.807) is 49.2 Å². The first-order valence-electron chi connectivity index (χ1n) is 12.9. The second-order valence-corrected chi connectivity index (χ2v) is 9.84. The fourth-order valence-electron chi connectivity index (χ4n) is 4.33. The van der Waals surface area contributed by atoms with Gasteiger partial charge < -0.3 is 30.3 Å². The number of amides is 4. The van der Waals surface area contributed by atoms with E-state index < -0.39 is 24.0 Å². The molecule has 1 aliphatic rings. The van der Waals surface area contributed by atoms with Crippen molar-refractivity contribution in [1.82, 2.24) is 14.8 Å². The van der Waals surface area contributed by atoms with E-state index in [0.717, 1.165) is 0 Å². The second-order valence-electron chi connectivity index (χ2n) is 9.84. The summed E-state index contributed by atoms with van der Waals surface area (Å²) in [4.78, 5) is 46.1. The van der Waals surface area contributed by atoms with Crippen LogP contribution in [-0.4, -0.2) is 76.6 Å². The van der Waals surface area contributed by atoms with Gasteiger partial charge in [0.25, 0.3) is 11.8 Å². The molecule has 0 unspecified atom stereocenters. The van der Waals surface area contributed by atoms with Crippen LogP contribution < -0.4 is 15.4 Å². The lowest BCUT2D eigenvalue weighted by Crippen LogP contribution is -2.50. The van der Waals surface area contributed by atoms with Crippen LogP contribution in [0.1, 0.15) is 34.6 Å². The normalized spacial score (nSPS) is 17.5. The molecule has 210 valence electrons. The summed E-state index contributed by atoms with van der Waals surface area (Å²) in [5.41, 5.74) is 1.49. The Kier molecular flexibility index (Phi) is 8.95. The minimum Gasteiger partial charge on any atom is -0.487 e. The number of rotatable bonds is 7. The van der Waals surface area contributed by atoms with E-state index in [2.05, 4.69) is 15.6 Å². The number of urea groups is 1. The minimum atomic E-state index is -0.513. The van der Waals surface area contributed by atoms with Crippen molar-refractivity contribution in [1.29, 1.82) is 0 Å². The number of aliphatic hydroxyl groups is 1. The number of pyridine rings is 1. The molecule has 3 N–H and O–H groups in total. The van der Waals surface area contributed by atoms with E-state index >= 15 is 0 Å². The molecule has 3 aromatic rings. The van der Waals surface area contributed by atoms with Crippen molar-refractivity contribution in [2.24, 2.45) is 5.92 Å². The first-order valence-corrected chi connectivity index (χ1v) is 12.9. The molecule has 2 heterocycles. The number of carbonyl (C=O) groups excluding carboxylic acids is 3. The lowest BCUT2D eigenvalue weighted by molar-refractivity contribution is 0.0371. The van der Waals surface area contributed by atoms with Crippen molar-refractivity contribution < 1.29 is 28.6 Å². The number of hydrogen-bond acceptors (Lipinski definition) is 6. The predicted octanol–water partition coefficient (Wildman–Crippen LogP) is 3.86. The van der Waals surface area contributed by atoms with Crippen molar-refractivity contribution in [3.8, 4) is 5.75 Å². The van der Waals surface area contributed by atoms with Crippen molar-refractivity contribution >= 4 is 29.2 Å². The van der Waals surface area contributed by atoms with Gasteiger partial charge in [0.1, 0.15) is 17.7 Å². The number of anilines is 2. The molecule has 3 atom stereocenters. The molecule has 40 heavy (non-hydrogen) atoms. The Morgan fingerprint density at radius 1 is 1.12 bits per heavy atom. The van der Waals surface area contributed by atoms with Crippen LogP contribution in [0.5, 0.6) is 5.75 Å². The summed E-state index contributed by atoms with van der Waals surface area (Å²) in [6.45, 7) is 3.88. The smallest absolute Gasteiger partial charge is 0.321 e. The SMILES string of the molecule is C[C@@H]1CN([C@H](C)CO)C(=O)c2cc(NC(=O)c3ccncc3)ccc2O[C@H]1CN(C)C(=O)Nc1ccc(F)cc1. The van der Waals surface area contributed by atoms with Crippen LogP contribution in [0.25, 0.3) is 0 Å². The largest absolute Gasteiger partial charge is 0.487 e. The van der Waals surface area contributed by atoms with Crippen LogP contribution >= 0.6 is 0 Å². The standard InChI is InChI=1S/C29H32FN5O5/c1-18-15-35(19(2)17-36)28(38)24-14-23(32-27(37)20-10-12-31-13-11-20)8-9-25(24)40-26(18)16-34(3)29(39)33-22-6-4-21(30)5-7-22/h4-14,18-19,26,36H,15-17H2,1-3H3,(H,32,37)(H,33,39)/t18-,19-,26+/m1/s1. The topological polar surface area (TPSA) is 124 Å². The highest BCUT2D eigenvalue weighted by atomic mass is 19.1. The van der Waals surface area contributed by atoms with Crippen LogP contribution in [0.3, 0.4) is 0 Å². The maximum absolute atomic E-state index is 13.6. The average Bonchev–Trinajstić information content (AvgIpc) is 2.96. The van der Waals surface area contributed by atoms with Crippen LogP contribution in [0.15, 0.2) is 67.0 Å². The molecule has 4 amide bonds. The zero-order valence-corrected chi connectivity index (χ0v) is 22.5. The third kappa shape index (κ3) is 6.73. The molecule has 10 nitrogen and oxygen atoms in total. The van der Waals surface area contributed by atoms with Gasteiger partial charge in [0.2, 0.25) is 0 Å². The number of ether oxygens (including phenoxy) is 1. The fraction of sp³-hybridized carbons (Fsp3) is 0.310. The van der Waals surface area contributed by atoms with Gasteiger partial charge in [0.05, 0.1) is 24.8 Å². The number of aliphatic hydroxyl groups excluding tert-OH is 1. The van der Waals surface area contributed by atoms with Gasteiger partial charge in [0.15, 0.2) is 0 Å². The van der Waals surface area contributed by atoms with Gasteiger partial charge in [-0.2, -0.15) is 0 Å². The highest BCUT2D eigenvalue weighted by Gasteiger charge is 2.34. The van der Waals surface area contributed by atoms with Crippen LogP contribution in [0.2, 0.25) is 0 Å². The number of halogens is 1. The number of aromatic nitrogens is 1. The number of hydrogen-bond donors (Lipinski definition) is 3. The molecule has 0 spiro atoms.